The molecule has 8 unspecified atom stereocenters. The Bertz CT molecular complexity index is 377. The molecule has 1 aliphatic carbocycles. The molecule has 2 aliphatic heterocycles. The van der Waals surface area contributed by atoms with Crippen LogP contribution in [0.4, 0.5) is 0 Å². The van der Waals surface area contributed by atoms with E-state index in [1.807, 2.05) is 6.92 Å². The molecule has 3 fully saturated rings. The lowest BCUT2D eigenvalue weighted by Crippen LogP contribution is -2.45. The zero-order valence-electron chi connectivity index (χ0n) is 16.2. The monoisotopic (exact) mass is 338 g/mol. The van der Waals surface area contributed by atoms with Gasteiger partial charge in [0.25, 0.3) is 0 Å². The van der Waals surface area contributed by atoms with Gasteiger partial charge in [-0.2, -0.15) is 0 Å². The van der Waals surface area contributed by atoms with E-state index in [0.29, 0.717) is 24.0 Å². The fourth-order valence-corrected chi connectivity index (χ4v) is 5.10. The Labute approximate surface area is 148 Å². The summed E-state index contributed by atoms with van der Waals surface area (Å²) in [5.41, 5.74) is 0. The summed E-state index contributed by atoms with van der Waals surface area (Å²) in [6.07, 6.45) is 10.3. The van der Waals surface area contributed by atoms with Crippen LogP contribution in [0.2, 0.25) is 0 Å². The Morgan fingerprint density at radius 2 is 1.50 bits per heavy atom. The van der Waals surface area contributed by atoms with Gasteiger partial charge in [-0.05, 0) is 63.2 Å². The highest BCUT2D eigenvalue weighted by Crippen LogP contribution is 2.42. The van der Waals surface area contributed by atoms with Gasteiger partial charge in [0.15, 0.2) is 6.29 Å². The molecule has 3 rings (SSSR count). The summed E-state index contributed by atoms with van der Waals surface area (Å²) in [4.78, 5) is 0. The third-order valence-electron chi connectivity index (χ3n) is 6.87. The molecule has 2 heterocycles. The van der Waals surface area contributed by atoms with E-state index >= 15 is 0 Å². The van der Waals surface area contributed by atoms with Crippen molar-refractivity contribution in [1.29, 1.82) is 0 Å². The summed E-state index contributed by atoms with van der Waals surface area (Å²) in [6, 6.07) is 0. The Morgan fingerprint density at radius 1 is 0.750 bits per heavy atom. The van der Waals surface area contributed by atoms with E-state index in [2.05, 4.69) is 20.8 Å². The zero-order chi connectivity index (χ0) is 17.1. The lowest BCUT2D eigenvalue weighted by Gasteiger charge is -2.44. The molecule has 0 aromatic carbocycles. The fraction of sp³-hybridized carbons (Fsp3) is 1.00. The fourth-order valence-electron chi connectivity index (χ4n) is 5.10. The molecule has 8 atom stereocenters. The van der Waals surface area contributed by atoms with Crippen LogP contribution in [-0.2, 0) is 14.2 Å². The molecule has 3 nitrogen and oxygen atoms in total. The van der Waals surface area contributed by atoms with Gasteiger partial charge in [-0.15, -0.1) is 0 Å². The highest BCUT2D eigenvalue weighted by atomic mass is 16.7. The van der Waals surface area contributed by atoms with Crippen LogP contribution in [0.25, 0.3) is 0 Å². The maximum atomic E-state index is 6.22. The van der Waals surface area contributed by atoms with Gasteiger partial charge >= 0.3 is 0 Å². The number of hydrogen-bond donors (Lipinski definition) is 0. The van der Waals surface area contributed by atoms with Gasteiger partial charge in [-0.3, -0.25) is 0 Å². The predicted octanol–water partition coefficient (Wildman–Crippen LogP) is 5.03. The molecule has 0 radical (unpaired) electrons. The number of hydrogen-bond acceptors (Lipinski definition) is 3. The molecule has 0 amide bonds. The van der Waals surface area contributed by atoms with Crippen LogP contribution in [-0.4, -0.2) is 31.7 Å². The molecule has 3 aliphatic rings. The minimum absolute atomic E-state index is 0.0276. The summed E-state index contributed by atoms with van der Waals surface area (Å²) in [5.74, 6) is 3.73. The van der Waals surface area contributed by atoms with Gasteiger partial charge in [0.05, 0.1) is 18.8 Å². The van der Waals surface area contributed by atoms with E-state index in [0.717, 1.165) is 31.0 Å². The molecule has 140 valence electrons. The number of ether oxygens (including phenoxy) is 3. The smallest absolute Gasteiger partial charge is 0.155 e. The van der Waals surface area contributed by atoms with Crippen LogP contribution < -0.4 is 0 Å². The predicted molar refractivity (Wildman–Crippen MR) is 96.8 cm³/mol. The van der Waals surface area contributed by atoms with Crippen molar-refractivity contribution in [2.45, 2.75) is 91.1 Å². The quantitative estimate of drug-likeness (QED) is 0.719. The van der Waals surface area contributed by atoms with E-state index in [9.17, 15) is 0 Å². The average molecular weight is 339 g/mol. The molecule has 0 aromatic heterocycles. The van der Waals surface area contributed by atoms with Crippen molar-refractivity contribution in [3.05, 3.63) is 0 Å². The van der Waals surface area contributed by atoms with Crippen molar-refractivity contribution in [2.24, 2.45) is 29.6 Å². The van der Waals surface area contributed by atoms with Gasteiger partial charge in [0.2, 0.25) is 0 Å². The molecule has 24 heavy (non-hydrogen) atoms. The minimum atomic E-state index is -0.0276. The first-order valence-electron chi connectivity index (χ1n) is 10.4. The van der Waals surface area contributed by atoms with Crippen LogP contribution in [0.15, 0.2) is 0 Å². The SMILES string of the molecule is CC1CCC(CCC2CCC(C)C(C3OC(C)OCC3C)C2)CO1. The van der Waals surface area contributed by atoms with Crippen LogP contribution in [0.3, 0.4) is 0 Å². The first kappa shape index (κ1) is 18.7. The third-order valence-corrected chi connectivity index (χ3v) is 6.87. The maximum Gasteiger partial charge on any atom is 0.155 e. The van der Waals surface area contributed by atoms with Crippen molar-refractivity contribution in [3.63, 3.8) is 0 Å². The van der Waals surface area contributed by atoms with Crippen molar-refractivity contribution >= 4 is 0 Å². The van der Waals surface area contributed by atoms with Crippen molar-refractivity contribution in [2.75, 3.05) is 13.2 Å². The molecular formula is C21H38O3. The summed E-state index contributed by atoms with van der Waals surface area (Å²) < 4.78 is 17.7. The Hall–Kier alpha value is -0.120. The van der Waals surface area contributed by atoms with Crippen molar-refractivity contribution < 1.29 is 14.2 Å². The van der Waals surface area contributed by atoms with E-state index in [1.165, 1.54) is 44.9 Å². The molecule has 0 bridgehead atoms. The molecular weight excluding hydrogens is 300 g/mol. The van der Waals surface area contributed by atoms with Gasteiger partial charge in [0.1, 0.15) is 0 Å². The van der Waals surface area contributed by atoms with Gasteiger partial charge in [0, 0.05) is 12.5 Å². The highest BCUT2D eigenvalue weighted by Gasteiger charge is 2.39. The van der Waals surface area contributed by atoms with E-state index in [1.54, 1.807) is 0 Å². The lowest BCUT2D eigenvalue weighted by molar-refractivity contribution is -0.244. The van der Waals surface area contributed by atoms with Gasteiger partial charge in [-0.1, -0.05) is 33.1 Å². The minimum Gasteiger partial charge on any atom is -0.378 e. The summed E-state index contributed by atoms with van der Waals surface area (Å²) >= 11 is 0. The second kappa shape index (κ2) is 8.51. The third kappa shape index (κ3) is 4.74. The molecule has 0 spiro atoms. The zero-order valence-corrected chi connectivity index (χ0v) is 16.2. The second-order valence-electron chi connectivity index (χ2n) is 8.96. The van der Waals surface area contributed by atoms with E-state index in [4.69, 9.17) is 14.2 Å². The van der Waals surface area contributed by atoms with Crippen LogP contribution in [0.5, 0.6) is 0 Å². The molecule has 3 heteroatoms. The average Bonchev–Trinajstić information content (AvgIpc) is 2.58. The van der Waals surface area contributed by atoms with Gasteiger partial charge < -0.3 is 14.2 Å². The normalized spacial score (nSPS) is 47.5. The topological polar surface area (TPSA) is 27.7 Å². The summed E-state index contributed by atoms with van der Waals surface area (Å²) in [7, 11) is 0. The molecule has 1 saturated carbocycles. The summed E-state index contributed by atoms with van der Waals surface area (Å²) in [5, 5.41) is 0. The van der Waals surface area contributed by atoms with Crippen LogP contribution in [0, 0.1) is 29.6 Å². The highest BCUT2D eigenvalue weighted by molar-refractivity contribution is 4.87. The second-order valence-corrected chi connectivity index (χ2v) is 8.96. The maximum absolute atomic E-state index is 6.22. The van der Waals surface area contributed by atoms with Gasteiger partial charge in [-0.25, -0.2) is 0 Å². The Kier molecular flexibility index (Phi) is 6.62. The van der Waals surface area contributed by atoms with Crippen molar-refractivity contribution in [1.82, 2.24) is 0 Å². The van der Waals surface area contributed by atoms with Crippen molar-refractivity contribution in [3.8, 4) is 0 Å². The summed E-state index contributed by atoms with van der Waals surface area (Å²) in [6.45, 7) is 10.8. The standard InChI is InChI=1S/C21H38O3/c1-14-5-7-18(9-10-19-8-6-16(3)22-13-19)11-20(14)21-15(2)12-23-17(4)24-21/h14-21H,5-13H2,1-4H3. The molecule has 0 aromatic rings. The van der Waals surface area contributed by atoms with E-state index in [-0.39, 0.29) is 6.29 Å². The Morgan fingerprint density at radius 3 is 2.25 bits per heavy atom. The lowest BCUT2D eigenvalue weighted by atomic mass is 9.68. The van der Waals surface area contributed by atoms with Crippen LogP contribution >= 0.6 is 0 Å². The molecule has 0 N–H and O–H groups in total. The Balaban J connectivity index is 1.49. The van der Waals surface area contributed by atoms with E-state index < -0.39 is 0 Å². The van der Waals surface area contributed by atoms with Crippen LogP contribution in [0.1, 0.15) is 72.6 Å². The largest absolute Gasteiger partial charge is 0.378 e. The first-order chi connectivity index (χ1) is 11.5. The number of rotatable bonds is 4. The molecule has 2 saturated heterocycles. The first-order valence-corrected chi connectivity index (χ1v) is 10.4.